The van der Waals surface area contributed by atoms with Crippen molar-refractivity contribution in [1.29, 1.82) is 0 Å². The van der Waals surface area contributed by atoms with Crippen molar-refractivity contribution in [2.45, 2.75) is 44.8 Å². The maximum absolute atomic E-state index is 12.2. The van der Waals surface area contributed by atoms with Crippen LogP contribution in [0.15, 0.2) is 0 Å². The summed E-state index contributed by atoms with van der Waals surface area (Å²) in [5.41, 5.74) is 0. The van der Waals surface area contributed by atoms with Gasteiger partial charge in [0.1, 0.15) is 0 Å². The van der Waals surface area contributed by atoms with Crippen LogP contribution in [0.2, 0.25) is 0 Å². The number of nitrogens with zero attached hydrogens (tertiary/aromatic N) is 1. The Morgan fingerprint density at radius 1 is 1.50 bits per heavy atom. The Kier molecular flexibility index (Phi) is 3.82. The van der Waals surface area contributed by atoms with Gasteiger partial charge in [0.15, 0.2) is 0 Å². The molecule has 2 aliphatic heterocycles. The summed E-state index contributed by atoms with van der Waals surface area (Å²) >= 11 is 0. The van der Waals surface area contributed by atoms with Crippen LogP contribution in [0.25, 0.3) is 0 Å². The quantitative estimate of drug-likeness (QED) is 0.715. The summed E-state index contributed by atoms with van der Waals surface area (Å²) in [7, 11) is 0. The zero-order chi connectivity index (χ0) is 11.5. The molecule has 2 N–H and O–H groups in total. The van der Waals surface area contributed by atoms with Crippen molar-refractivity contribution in [3.8, 4) is 0 Å². The number of likely N-dealkylation sites (tertiary alicyclic amines) is 1. The van der Waals surface area contributed by atoms with Crippen molar-refractivity contribution in [2.24, 2.45) is 5.92 Å². The van der Waals surface area contributed by atoms with Crippen molar-refractivity contribution in [3.05, 3.63) is 0 Å². The van der Waals surface area contributed by atoms with Crippen molar-refractivity contribution < 1.29 is 9.90 Å². The molecule has 2 heterocycles. The topological polar surface area (TPSA) is 52.6 Å². The third-order valence-electron chi connectivity index (χ3n) is 3.86. The van der Waals surface area contributed by atoms with Crippen LogP contribution in [0.4, 0.5) is 0 Å². The van der Waals surface area contributed by atoms with Crippen molar-refractivity contribution in [3.63, 3.8) is 0 Å². The number of carbonyl (C=O) groups excluding carboxylic acids is 1. The Morgan fingerprint density at radius 2 is 2.31 bits per heavy atom. The number of amides is 1. The van der Waals surface area contributed by atoms with Gasteiger partial charge in [-0.05, 0) is 31.7 Å². The predicted octanol–water partition coefficient (Wildman–Crippen LogP) is 0.358. The number of hydrogen-bond acceptors (Lipinski definition) is 3. The van der Waals surface area contributed by atoms with E-state index in [0.717, 1.165) is 32.4 Å². The second kappa shape index (κ2) is 5.15. The van der Waals surface area contributed by atoms with Crippen LogP contribution >= 0.6 is 0 Å². The minimum absolute atomic E-state index is 0.0102. The summed E-state index contributed by atoms with van der Waals surface area (Å²) in [5, 5.41) is 12.7. The lowest BCUT2D eigenvalue weighted by Gasteiger charge is -2.31. The average molecular weight is 226 g/mol. The molecule has 2 aliphatic rings. The van der Waals surface area contributed by atoms with Gasteiger partial charge in [-0.15, -0.1) is 0 Å². The Hall–Kier alpha value is -0.610. The van der Waals surface area contributed by atoms with Gasteiger partial charge < -0.3 is 15.3 Å². The number of aliphatic hydroxyl groups is 1. The summed E-state index contributed by atoms with van der Waals surface area (Å²) in [4.78, 5) is 14.0. The Bertz CT molecular complexity index is 257. The van der Waals surface area contributed by atoms with E-state index in [-0.39, 0.29) is 18.1 Å². The van der Waals surface area contributed by atoms with Crippen LogP contribution in [0.3, 0.4) is 0 Å². The van der Waals surface area contributed by atoms with E-state index >= 15 is 0 Å². The molecule has 2 unspecified atom stereocenters. The van der Waals surface area contributed by atoms with Crippen LogP contribution in [0.1, 0.15) is 32.6 Å². The first-order valence-electron chi connectivity index (χ1n) is 6.41. The summed E-state index contributed by atoms with van der Waals surface area (Å²) in [5.74, 6) is 0.873. The van der Waals surface area contributed by atoms with E-state index in [1.807, 2.05) is 0 Å². The number of aliphatic hydroxyl groups excluding tert-OH is 1. The molecule has 1 amide bonds. The molecule has 4 heteroatoms. The lowest BCUT2D eigenvalue weighted by molar-refractivity contribution is -0.133. The molecule has 0 bridgehead atoms. The van der Waals surface area contributed by atoms with Crippen molar-refractivity contribution in [2.75, 3.05) is 19.6 Å². The summed E-state index contributed by atoms with van der Waals surface area (Å²) in [6.45, 7) is 4.38. The van der Waals surface area contributed by atoms with E-state index in [9.17, 15) is 9.90 Å². The molecule has 3 atom stereocenters. The molecule has 2 fully saturated rings. The molecule has 0 aliphatic carbocycles. The van der Waals surface area contributed by atoms with Crippen LogP contribution < -0.4 is 5.32 Å². The fraction of sp³-hybridized carbons (Fsp3) is 0.917. The lowest BCUT2D eigenvalue weighted by Crippen LogP contribution is -2.49. The van der Waals surface area contributed by atoms with E-state index in [1.165, 1.54) is 6.42 Å². The molecular weight excluding hydrogens is 204 g/mol. The van der Waals surface area contributed by atoms with Gasteiger partial charge in [-0.25, -0.2) is 0 Å². The minimum Gasteiger partial charge on any atom is -0.391 e. The molecule has 16 heavy (non-hydrogen) atoms. The number of piperidine rings is 1. The highest BCUT2D eigenvalue weighted by atomic mass is 16.3. The third kappa shape index (κ3) is 2.55. The molecule has 92 valence electrons. The number of hydrogen-bond donors (Lipinski definition) is 2. The van der Waals surface area contributed by atoms with Crippen molar-refractivity contribution in [1.82, 2.24) is 10.2 Å². The fourth-order valence-corrected chi connectivity index (χ4v) is 2.72. The zero-order valence-electron chi connectivity index (χ0n) is 9.98. The first kappa shape index (κ1) is 11.9. The number of nitrogens with one attached hydrogen (secondary N) is 1. The Labute approximate surface area is 97.0 Å². The molecule has 2 rings (SSSR count). The lowest BCUT2D eigenvalue weighted by atomic mass is 9.90. The van der Waals surface area contributed by atoms with Crippen LogP contribution in [-0.2, 0) is 4.79 Å². The standard InChI is InChI=1S/C12H22N2O2/c1-2-9-3-5-13-11(7-9)12(16)14-6-4-10(15)8-14/h9-11,13,15H,2-8H2,1H3/t9?,10-,11?/m1/s1. The van der Waals surface area contributed by atoms with Crippen LogP contribution in [0, 0.1) is 5.92 Å². The highest BCUT2D eigenvalue weighted by molar-refractivity contribution is 5.82. The van der Waals surface area contributed by atoms with E-state index in [2.05, 4.69) is 12.2 Å². The Balaban J connectivity index is 1.89. The monoisotopic (exact) mass is 226 g/mol. The normalized spacial score (nSPS) is 35.4. The molecule has 0 aromatic heterocycles. The second-order valence-electron chi connectivity index (χ2n) is 5.03. The molecule has 0 aromatic rings. The van der Waals surface area contributed by atoms with Gasteiger partial charge in [0.2, 0.25) is 5.91 Å². The number of carbonyl (C=O) groups is 1. The molecule has 4 nitrogen and oxygen atoms in total. The largest absolute Gasteiger partial charge is 0.391 e. The molecule has 0 saturated carbocycles. The molecular formula is C12H22N2O2. The second-order valence-corrected chi connectivity index (χ2v) is 5.03. The number of rotatable bonds is 2. The van der Waals surface area contributed by atoms with Gasteiger partial charge in [-0.3, -0.25) is 4.79 Å². The number of β-amino-alcohol motifs (C(OH)–C–C–N with tert-alkyl or cyclic N) is 1. The summed E-state index contributed by atoms with van der Waals surface area (Å²) in [6, 6.07) is -0.0102. The molecule has 0 radical (unpaired) electrons. The Morgan fingerprint density at radius 3 is 2.94 bits per heavy atom. The van der Waals surface area contributed by atoms with Gasteiger partial charge in [-0.1, -0.05) is 13.3 Å². The van der Waals surface area contributed by atoms with Gasteiger partial charge in [0.05, 0.1) is 12.1 Å². The van der Waals surface area contributed by atoms with E-state index in [0.29, 0.717) is 12.5 Å². The molecule has 0 spiro atoms. The van der Waals surface area contributed by atoms with Gasteiger partial charge in [0, 0.05) is 13.1 Å². The molecule has 0 aromatic carbocycles. The smallest absolute Gasteiger partial charge is 0.239 e. The van der Waals surface area contributed by atoms with E-state index in [1.54, 1.807) is 4.90 Å². The highest BCUT2D eigenvalue weighted by Crippen LogP contribution is 2.21. The van der Waals surface area contributed by atoms with Crippen LogP contribution in [0.5, 0.6) is 0 Å². The van der Waals surface area contributed by atoms with Crippen LogP contribution in [-0.4, -0.2) is 47.7 Å². The third-order valence-corrected chi connectivity index (χ3v) is 3.86. The van der Waals surface area contributed by atoms with Gasteiger partial charge >= 0.3 is 0 Å². The zero-order valence-corrected chi connectivity index (χ0v) is 9.98. The summed E-state index contributed by atoms with van der Waals surface area (Å²) < 4.78 is 0. The maximum atomic E-state index is 12.2. The maximum Gasteiger partial charge on any atom is 0.239 e. The average Bonchev–Trinajstić information content (AvgIpc) is 2.75. The highest BCUT2D eigenvalue weighted by Gasteiger charge is 2.32. The first-order chi connectivity index (χ1) is 7.70. The van der Waals surface area contributed by atoms with Gasteiger partial charge in [-0.2, -0.15) is 0 Å². The van der Waals surface area contributed by atoms with Gasteiger partial charge in [0.25, 0.3) is 0 Å². The van der Waals surface area contributed by atoms with E-state index < -0.39 is 0 Å². The fourth-order valence-electron chi connectivity index (χ4n) is 2.72. The summed E-state index contributed by atoms with van der Waals surface area (Å²) in [6.07, 6.45) is 3.73. The van der Waals surface area contributed by atoms with Crippen molar-refractivity contribution >= 4 is 5.91 Å². The predicted molar refractivity (Wildman–Crippen MR) is 62.0 cm³/mol. The SMILES string of the molecule is CCC1CCNC(C(=O)N2CC[C@@H](O)C2)C1. The molecule has 2 saturated heterocycles. The first-order valence-corrected chi connectivity index (χ1v) is 6.41. The van der Waals surface area contributed by atoms with E-state index in [4.69, 9.17) is 0 Å². The minimum atomic E-state index is -0.311.